The molecule has 4 atom stereocenters. The van der Waals surface area contributed by atoms with Gasteiger partial charge in [0, 0.05) is 12.0 Å². The lowest BCUT2D eigenvalue weighted by Gasteiger charge is -2.21. The van der Waals surface area contributed by atoms with Crippen molar-refractivity contribution in [3.63, 3.8) is 0 Å². The molecule has 1 fully saturated rings. The van der Waals surface area contributed by atoms with E-state index in [4.69, 9.17) is 10.8 Å². The topological polar surface area (TPSA) is 92.4 Å². The molecule has 0 aromatic carbocycles. The van der Waals surface area contributed by atoms with Crippen molar-refractivity contribution >= 4 is 11.9 Å². The minimum atomic E-state index is -0.751. The molecule has 5 nitrogen and oxygen atoms in total. The number of hydrogen-bond acceptors (Lipinski definition) is 3. The molecule has 4 unspecified atom stereocenters. The van der Waals surface area contributed by atoms with E-state index in [0.717, 1.165) is 32.1 Å². The van der Waals surface area contributed by atoms with Gasteiger partial charge in [-0.15, -0.1) is 0 Å². The Balaban J connectivity index is 2.26. The van der Waals surface area contributed by atoms with Crippen molar-refractivity contribution in [1.82, 2.24) is 5.32 Å². The Morgan fingerprint density at radius 3 is 2.60 bits per heavy atom. The third kappa shape index (κ3) is 5.12. The number of carbonyl (C=O) groups is 2. The first-order chi connectivity index (χ1) is 9.45. The van der Waals surface area contributed by atoms with Gasteiger partial charge in [0.25, 0.3) is 0 Å². The Kier molecular flexibility index (Phi) is 6.99. The van der Waals surface area contributed by atoms with Crippen LogP contribution in [0.1, 0.15) is 52.4 Å². The summed E-state index contributed by atoms with van der Waals surface area (Å²) < 4.78 is 0. The van der Waals surface area contributed by atoms with E-state index in [9.17, 15) is 9.59 Å². The lowest BCUT2D eigenvalue weighted by Crippen LogP contribution is -2.39. The van der Waals surface area contributed by atoms with E-state index in [-0.39, 0.29) is 23.8 Å². The summed E-state index contributed by atoms with van der Waals surface area (Å²) in [5.74, 6) is -0.542. The molecule has 116 valence electrons. The molecule has 1 saturated carbocycles. The number of carboxylic acids is 1. The molecule has 0 heterocycles. The smallest absolute Gasteiger partial charge is 0.306 e. The average Bonchev–Trinajstić information content (AvgIpc) is 2.86. The molecule has 0 spiro atoms. The zero-order valence-corrected chi connectivity index (χ0v) is 12.6. The lowest BCUT2D eigenvalue weighted by atomic mass is 9.94. The summed E-state index contributed by atoms with van der Waals surface area (Å²) in [7, 11) is 0. The van der Waals surface area contributed by atoms with Gasteiger partial charge in [-0.1, -0.05) is 19.8 Å². The Bertz CT molecular complexity index is 333. The summed E-state index contributed by atoms with van der Waals surface area (Å²) in [4.78, 5) is 22.9. The standard InChI is InChI=1S/C15H28N2O3/c1-10(15(19)20)5-3-6-11(2)17-14(18)13-8-4-7-12(13)9-16/h10-13H,3-9,16H2,1-2H3,(H,17,18)(H,19,20). The predicted octanol–water partition coefficient (Wildman–Crippen LogP) is 1.76. The van der Waals surface area contributed by atoms with Crippen LogP contribution in [0.4, 0.5) is 0 Å². The summed E-state index contributed by atoms with van der Waals surface area (Å²) >= 11 is 0. The van der Waals surface area contributed by atoms with Crippen molar-refractivity contribution in [2.45, 2.75) is 58.4 Å². The number of rotatable bonds is 8. The van der Waals surface area contributed by atoms with Gasteiger partial charge >= 0.3 is 5.97 Å². The number of carbonyl (C=O) groups excluding carboxylic acids is 1. The molecule has 1 rings (SSSR count). The van der Waals surface area contributed by atoms with Crippen LogP contribution in [-0.4, -0.2) is 29.6 Å². The number of amides is 1. The van der Waals surface area contributed by atoms with Crippen molar-refractivity contribution in [3.8, 4) is 0 Å². The van der Waals surface area contributed by atoms with Gasteiger partial charge in [-0.25, -0.2) is 0 Å². The second-order valence-electron chi connectivity index (χ2n) is 6.11. The molecule has 20 heavy (non-hydrogen) atoms. The fraction of sp³-hybridized carbons (Fsp3) is 0.867. The highest BCUT2D eigenvalue weighted by atomic mass is 16.4. The molecule has 0 aromatic heterocycles. The molecular formula is C15H28N2O3. The molecular weight excluding hydrogens is 256 g/mol. The van der Waals surface area contributed by atoms with E-state index in [1.807, 2.05) is 6.92 Å². The highest BCUT2D eigenvalue weighted by Gasteiger charge is 2.32. The molecule has 4 N–H and O–H groups in total. The van der Waals surface area contributed by atoms with Crippen LogP contribution in [0.3, 0.4) is 0 Å². The van der Waals surface area contributed by atoms with E-state index in [0.29, 0.717) is 18.9 Å². The van der Waals surface area contributed by atoms with Crippen LogP contribution in [0.5, 0.6) is 0 Å². The Labute approximate surface area is 121 Å². The SMILES string of the molecule is CC(CCCC(C)C(=O)O)NC(=O)C1CCCC1CN. The quantitative estimate of drug-likeness (QED) is 0.633. The van der Waals surface area contributed by atoms with E-state index < -0.39 is 5.97 Å². The minimum Gasteiger partial charge on any atom is -0.481 e. The maximum absolute atomic E-state index is 12.2. The number of carboxylic acid groups (broad SMARTS) is 1. The van der Waals surface area contributed by atoms with Crippen molar-refractivity contribution in [2.24, 2.45) is 23.5 Å². The van der Waals surface area contributed by atoms with Crippen LogP contribution < -0.4 is 11.1 Å². The fourth-order valence-corrected chi connectivity index (χ4v) is 2.94. The molecule has 0 saturated heterocycles. The Morgan fingerprint density at radius 1 is 1.30 bits per heavy atom. The largest absolute Gasteiger partial charge is 0.481 e. The number of nitrogens with two attached hydrogens (primary N) is 1. The molecule has 0 radical (unpaired) electrons. The van der Waals surface area contributed by atoms with Crippen molar-refractivity contribution in [1.29, 1.82) is 0 Å². The summed E-state index contributed by atoms with van der Waals surface area (Å²) in [5.41, 5.74) is 5.70. The van der Waals surface area contributed by atoms with Gasteiger partial charge in [0.2, 0.25) is 5.91 Å². The summed E-state index contributed by atoms with van der Waals surface area (Å²) in [6.07, 6.45) is 5.38. The molecule has 0 aliphatic heterocycles. The summed E-state index contributed by atoms with van der Waals surface area (Å²) in [6, 6.07) is 0.0996. The van der Waals surface area contributed by atoms with Crippen LogP contribution in [0.25, 0.3) is 0 Å². The second kappa shape index (κ2) is 8.25. The minimum absolute atomic E-state index is 0.0698. The van der Waals surface area contributed by atoms with Crippen LogP contribution in [0.15, 0.2) is 0 Å². The first kappa shape index (κ1) is 17.0. The van der Waals surface area contributed by atoms with Gasteiger partial charge in [0.15, 0.2) is 0 Å². The van der Waals surface area contributed by atoms with Gasteiger partial charge in [-0.3, -0.25) is 9.59 Å². The van der Waals surface area contributed by atoms with Crippen LogP contribution >= 0.6 is 0 Å². The third-order valence-electron chi connectivity index (χ3n) is 4.38. The fourth-order valence-electron chi connectivity index (χ4n) is 2.94. The maximum Gasteiger partial charge on any atom is 0.306 e. The Morgan fingerprint density at radius 2 is 2.00 bits per heavy atom. The molecule has 0 bridgehead atoms. The molecule has 1 amide bonds. The van der Waals surface area contributed by atoms with Gasteiger partial charge in [0.05, 0.1) is 5.92 Å². The van der Waals surface area contributed by atoms with Crippen LogP contribution in [0.2, 0.25) is 0 Å². The summed E-state index contributed by atoms with van der Waals surface area (Å²) in [6.45, 7) is 4.29. The predicted molar refractivity (Wildman–Crippen MR) is 78.1 cm³/mol. The molecule has 5 heteroatoms. The normalized spacial score (nSPS) is 25.1. The highest BCUT2D eigenvalue weighted by molar-refractivity contribution is 5.79. The zero-order valence-electron chi connectivity index (χ0n) is 12.6. The van der Waals surface area contributed by atoms with E-state index in [1.165, 1.54) is 0 Å². The number of hydrogen-bond donors (Lipinski definition) is 3. The summed E-state index contributed by atoms with van der Waals surface area (Å²) in [5, 5.41) is 11.9. The maximum atomic E-state index is 12.2. The first-order valence-corrected chi connectivity index (χ1v) is 7.69. The zero-order chi connectivity index (χ0) is 15.1. The van der Waals surface area contributed by atoms with E-state index in [1.54, 1.807) is 6.92 Å². The van der Waals surface area contributed by atoms with Gasteiger partial charge in [0.1, 0.15) is 0 Å². The van der Waals surface area contributed by atoms with Crippen LogP contribution in [0, 0.1) is 17.8 Å². The van der Waals surface area contributed by atoms with Crippen LogP contribution in [-0.2, 0) is 9.59 Å². The third-order valence-corrected chi connectivity index (χ3v) is 4.38. The van der Waals surface area contributed by atoms with E-state index in [2.05, 4.69) is 5.32 Å². The second-order valence-corrected chi connectivity index (χ2v) is 6.11. The molecule has 0 aromatic rings. The molecule has 1 aliphatic rings. The van der Waals surface area contributed by atoms with Gasteiger partial charge in [-0.2, -0.15) is 0 Å². The average molecular weight is 284 g/mol. The first-order valence-electron chi connectivity index (χ1n) is 7.69. The lowest BCUT2D eigenvalue weighted by molar-refractivity contribution is -0.141. The monoisotopic (exact) mass is 284 g/mol. The number of aliphatic carboxylic acids is 1. The van der Waals surface area contributed by atoms with Crippen molar-refractivity contribution < 1.29 is 14.7 Å². The van der Waals surface area contributed by atoms with Gasteiger partial charge < -0.3 is 16.2 Å². The highest BCUT2D eigenvalue weighted by Crippen LogP contribution is 2.31. The van der Waals surface area contributed by atoms with Gasteiger partial charge in [-0.05, 0) is 45.1 Å². The van der Waals surface area contributed by atoms with E-state index >= 15 is 0 Å². The van der Waals surface area contributed by atoms with Crippen molar-refractivity contribution in [3.05, 3.63) is 0 Å². The Hall–Kier alpha value is -1.10. The molecule has 1 aliphatic carbocycles. The van der Waals surface area contributed by atoms with Crippen molar-refractivity contribution in [2.75, 3.05) is 6.54 Å². The number of nitrogens with one attached hydrogen (secondary N) is 1.